The average molecular weight is 289 g/mol. The molecule has 0 aliphatic heterocycles. The summed E-state index contributed by atoms with van der Waals surface area (Å²) in [5.74, 6) is 0. The fourth-order valence-corrected chi connectivity index (χ4v) is 1.76. The first kappa shape index (κ1) is 18.0. The lowest BCUT2D eigenvalue weighted by atomic mass is 10.2. The summed E-state index contributed by atoms with van der Waals surface area (Å²) in [6.45, 7) is 3.83. The van der Waals surface area contributed by atoms with Crippen LogP contribution in [0.15, 0.2) is 29.2 Å². The summed E-state index contributed by atoms with van der Waals surface area (Å²) in [7, 11) is 2.51. The van der Waals surface area contributed by atoms with Gasteiger partial charge in [-0.05, 0) is 25.6 Å². The maximum atomic E-state index is 10.5. The first-order valence-corrected chi connectivity index (χ1v) is 7.55. The van der Waals surface area contributed by atoms with E-state index in [0.29, 0.717) is 0 Å². The van der Waals surface area contributed by atoms with Crippen molar-refractivity contribution in [3.8, 4) is 0 Å². The maximum Gasteiger partial charge on any atom is 0.294 e. The Morgan fingerprint density at radius 2 is 1.63 bits per heavy atom. The fourth-order valence-electron chi connectivity index (χ4n) is 1.28. The average Bonchev–Trinajstić information content (AvgIpc) is 2.25. The first-order chi connectivity index (χ1) is 8.56. The molecule has 1 aromatic rings. The van der Waals surface area contributed by atoms with Crippen molar-refractivity contribution in [2.45, 2.75) is 18.2 Å². The van der Waals surface area contributed by atoms with E-state index < -0.39 is 10.1 Å². The molecule has 0 atom stereocenters. The number of hydrogen-bond donors (Lipinski definition) is 2. The van der Waals surface area contributed by atoms with Crippen LogP contribution in [-0.2, 0) is 10.1 Å². The second-order valence-corrected chi connectivity index (χ2v) is 6.87. The van der Waals surface area contributed by atoms with Gasteiger partial charge in [-0.15, -0.1) is 0 Å². The highest BCUT2D eigenvalue weighted by Gasteiger charge is 2.06. The molecule has 110 valence electrons. The van der Waals surface area contributed by atoms with Gasteiger partial charge in [-0.1, -0.05) is 17.7 Å². The van der Waals surface area contributed by atoms with Crippen LogP contribution in [0.2, 0.25) is 0 Å². The molecular weight excluding hydrogens is 264 g/mol. The molecule has 0 saturated heterocycles. The van der Waals surface area contributed by atoms with Gasteiger partial charge in [0.25, 0.3) is 10.1 Å². The molecular formula is C13H25N2O3S+. The van der Waals surface area contributed by atoms with E-state index in [1.807, 2.05) is 6.92 Å². The van der Waals surface area contributed by atoms with Gasteiger partial charge in [-0.3, -0.25) is 4.55 Å². The van der Waals surface area contributed by atoms with Crippen molar-refractivity contribution in [3.05, 3.63) is 29.8 Å². The molecule has 0 saturated carbocycles. The number of aryl methyl sites for hydroxylation is 1. The number of quaternary nitrogens is 1. The van der Waals surface area contributed by atoms with Crippen molar-refractivity contribution in [1.29, 1.82) is 0 Å². The third-order valence-electron chi connectivity index (χ3n) is 2.35. The molecule has 19 heavy (non-hydrogen) atoms. The van der Waals surface area contributed by atoms with E-state index in [0.717, 1.165) is 23.0 Å². The van der Waals surface area contributed by atoms with E-state index in [4.69, 9.17) is 10.3 Å². The van der Waals surface area contributed by atoms with Gasteiger partial charge in [-0.25, -0.2) is 0 Å². The molecule has 0 bridgehead atoms. The lowest BCUT2D eigenvalue weighted by molar-refractivity contribution is -0.870. The second kappa shape index (κ2) is 7.59. The van der Waals surface area contributed by atoms with Gasteiger partial charge in [0, 0.05) is 6.42 Å². The minimum Gasteiger partial charge on any atom is -0.331 e. The van der Waals surface area contributed by atoms with Crippen molar-refractivity contribution in [2.24, 2.45) is 5.73 Å². The highest BCUT2D eigenvalue weighted by Crippen LogP contribution is 2.08. The van der Waals surface area contributed by atoms with Crippen LogP contribution in [0.4, 0.5) is 0 Å². The molecule has 0 radical (unpaired) electrons. The lowest BCUT2D eigenvalue weighted by Crippen LogP contribution is -2.36. The molecule has 6 heteroatoms. The molecule has 1 rings (SSSR count). The van der Waals surface area contributed by atoms with E-state index in [1.54, 1.807) is 12.1 Å². The van der Waals surface area contributed by atoms with Crippen molar-refractivity contribution in [1.82, 2.24) is 0 Å². The normalized spacial score (nSPS) is 11.7. The van der Waals surface area contributed by atoms with Crippen molar-refractivity contribution in [3.63, 3.8) is 0 Å². The number of hydrogen-bond acceptors (Lipinski definition) is 3. The topological polar surface area (TPSA) is 80.4 Å². The van der Waals surface area contributed by atoms with Crippen LogP contribution in [0.25, 0.3) is 0 Å². The highest BCUT2D eigenvalue weighted by molar-refractivity contribution is 7.85. The third kappa shape index (κ3) is 9.61. The van der Waals surface area contributed by atoms with Gasteiger partial charge in [0.05, 0.1) is 32.6 Å². The molecule has 0 aliphatic carbocycles. The summed E-state index contributed by atoms with van der Waals surface area (Å²) in [5.41, 5.74) is 6.28. The second-order valence-electron chi connectivity index (χ2n) is 5.44. The number of nitrogens with two attached hydrogens (primary N) is 1. The van der Waals surface area contributed by atoms with Crippen molar-refractivity contribution in [2.75, 3.05) is 34.2 Å². The summed E-state index contributed by atoms with van der Waals surface area (Å²) < 4.78 is 30.6. The predicted octanol–water partition coefficient (Wildman–Crippen LogP) is 1.28. The van der Waals surface area contributed by atoms with Crippen molar-refractivity contribution >= 4 is 10.1 Å². The molecule has 0 fully saturated rings. The Kier molecular flexibility index (Phi) is 7.21. The van der Waals surface area contributed by atoms with Gasteiger partial charge in [0.15, 0.2) is 0 Å². The molecule has 0 amide bonds. The van der Waals surface area contributed by atoms with E-state index in [9.17, 15) is 8.42 Å². The SMILES string of the molecule is C[N+](C)(C)CCCN.Cc1ccc(S(=O)(=O)O)cc1. The third-order valence-corrected chi connectivity index (χ3v) is 3.22. The van der Waals surface area contributed by atoms with Gasteiger partial charge in [-0.2, -0.15) is 8.42 Å². The molecule has 0 aromatic heterocycles. The molecule has 0 spiro atoms. The van der Waals surface area contributed by atoms with Crippen molar-refractivity contribution < 1.29 is 17.5 Å². The van der Waals surface area contributed by atoms with Gasteiger partial charge in [0.2, 0.25) is 0 Å². The van der Waals surface area contributed by atoms with E-state index in [2.05, 4.69) is 21.1 Å². The minimum atomic E-state index is -4.02. The highest BCUT2D eigenvalue weighted by atomic mass is 32.2. The van der Waals surface area contributed by atoms with Gasteiger partial charge < -0.3 is 10.2 Å². The Morgan fingerprint density at radius 1 is 1.16 bits per heavy atom. The molecule has 0 aliphatic rings. The summed E-state index contributed by atoms with van der Waals surface area (Å²) in [4.78, 5) is -0.0666. The predicted molar refractivity (Wildman–Crippen MR) is 77.6 cm³/mol. The summed E-state index contributed by atoms with van der Waals surface area (Å²) >= 11 is 0. The fraction of sp³-hybridized carbons (Fsp3) is 0.538. The number of rotatable bonds is 4. The Balaban J connectivity index is 0.000000362. The van der Waals surface area contributed by atoms with Crippen LogP contribution >= 0.6 is 0 Å². The lowest BCUT2D eigenvalue weighted by Gasteiger charge is -2.23. The molecule has 1 aromatic carbocycles. The number of nitrogens with zero attached hydrogens (tertiary/aromatic N) is 1. The largest absolute Gasteiger partial charge is 0.331 e. The summed E-state index contributed by atoms with van der Waals surface area (Å²) in [6.07, 6.45) is 1.13. The molecule has 0 heterocycles. The van der Waals surface area contributed by atoms with E-state index in [1.165, 1.54) is 18.7 Å². The zero-order valence-corrected chi connectivity index (χ0v) is 12.9. The standard InChI is InChI=1S/C7H8O3S.C6H17N2/c1-6-2-4-7(5-3-6)11(8,9)10;1-8(2,3)6-4-5-7/h2-5H,1H3,(H,8,9,10);4-7H2,1-3H3/q;+1. The van der Waals surface area contributed by atoms with Crippen LogP contribution in [0.1, 0.15) is 12.0 Å². The Labute approximate surface area is 116 Å². The summed E-state index contributed by atoms with van der Waals surface area (Å²) in [5, 5.41) is 0. The van der Waals surface area contributed by atoms with Gasteiger partial charge >= 0.3 is 0 Å². The Morgan fingerprint density at radius 3 is 1.89 bits per heavy atom. The van der Waals surface area contributed by atoms with E-state index in [-0.39, 0.29) is 4.90 Å². The Bertz CT molecular complexity index is 462. The molecule has 5 nitrogen and oxygen atoms in total. The quantitative estimate of drug-likeness (QED) is 0.646. The van der Waals surface area contributed by atoms with Crippen LogP contribution in [0.5, 0.6) is 0 Å². The first-order valence-electron chi connectivity index (χ1n) is 6.11. The van der Waals surface area contributed by atoms with E-state index >= 15 is 0 Å². The zero-order valence-electron chi connectivity index (χ0n) is 12.1. The van der Waals surface area contributed by atoms with Gasteiger partial charge in [0.1, 0.15) is 0 Å². The van der Waals surface area contributed by atoms with Crippen LogP contribution in [-0.4, -0.2) is 51.7 Å². The molecule has 3 N–H and O–H groups in total. The molecule has 0 unspecified atom stereocenters. The van der Waals surface area contributed by atoms with Crippen LogP contribution in [0, 0.1) is 6.92 Å². The summed E-state index contributed by atoms with van der Waals surface area (Å²) in [6, 6.07) is 5.99. The minimum absolute atomic E-state index is 0.0666. The Hall–Kier alpha value is -0.950. The number of benzene rings is 1. The smallest absolute Gasteiger partial charge is 0.294 e. The monoisotopic (exact) mass is 289 g/mol. The van der Waals surface area contributed by atoms with Crippen LogP contribution < -0.4 is 5.73 Å². The van der Waals surface area contributed by atoms with Crippen LogP contribution in [0.3, 0.4) is 0 Å². The zero-order chi connectivity index (χ0) is 15.1. The maximum absolute atomic E-state index is 10.5.